The lowest BCUT2D eigenvalue weighted by atomic mass is 10.1. The summed E-state index contributed by atoms with van der Waals surface area (Å²) in [5.41, 5.74) is 5.25. The normalized spacial score (nSPS) is 18.8. The number of nitrogens with two attached hydrogens (primary N) is 1. The van der Waals surface area contributed by atoms with Crippen LogP contribution in [0, 0.1) is 11.7 Å². The maximum Gasteiger partial charge on any atom is 0.339 e. The number of rotatable bonds is 4. The largest absolute Gasteiger partial charge is 0.465 e. The molecule has 22 heavy (non-hydrogen) atoms. The lowest BCUT2D eigenvalue weighted by Gasteiger charge is -2.18. The van der Waals surface area contributed by atoms with Crippen molar-refractivity contribution >= 4 is 28.4 Å². The van der Waals surface area contributed by atoms with Gasteiger partial charge >= 0.3 is 5.97 Å². The van der Waals surface area contributed by atoms with E-state index in [1.807, 2.05) is 0 Å². The number of sulfonamides is 1. The summed E-state index contributed by atoms with van der Waals surface area (Å²) in [6.45, 7) is 1.04. The summed E-state index contributed by atoms with van der Waals surface area (Å²) in [5, 5.41) is 0. The summed E-state index contributed by atoms with van der Waals surface area (Å²) in [6.07, 6.45) is 0.671. The van der Waals surface area contributed by atoms with Gasteiger partial charge in [-0.1, -0.05) is 0 Å². The smallest absolute Gasteiger partial charge is 0.339 e. The Morgan fingerprint density at radius 1 is 1.50 bits per heavy atom. The van der Waals surface area contributed by atoms with Crippen molar-refractivity contribution in [2.24, 2.45) is 11.7 Å². The molecule has 1 atom stereocenters. The number of hydrogen-bond donors (Lipinski definition) is 1. The number of halogens is 2. The lowest BCUT2D eigenvalue weighted by Crippen LogP contribution is -2.31. The molecule has 0 aromatic heterocycles. The monoisotopic (exact) mass is 352 g/mol. The van der Waals surface area contributed by atoms with Crippen molar-refractivity contribution in [2.75, 3.05) is 26.7 Å². The fraction of sp³-hybridized carbons (Fsp3) is 0.462. The lowest BCUT2D eigenvalue weighted by molar-refractivity contribution is 0.0595. The number of carbonyl (C=O) groups is 1. The van der Waals surface area contributed by atoms with Gasteiger partial charge in [-0.15, -0.1) is 12.4 Å². The van der Waals surface area contributed by atoms with Crippen LogP contribution in [-0.2, 0) is 14.8 Å². The minimum atomic E-state index is -3.87. The quantitative estimate of drug-likeness (QED) is 0.816. The number of methoxy groups -OCH3 is 1. The molecule has 1 heterocycles. The first-order valence-corrected chi connectivity index (χ1v) is 7.92. The second-order valence-electron chi connectivity index (χ2n) is 4.89. The van der Waals surface area contributed by atoms with E-state index in [1.54, 1.807) is 0 Å². The second-order valence-corrected chi connectivity index (χ2v) is 6.79. The molecule has 6 nitrogen and oxygen atoms in total. The van der Waals surface area contributed by atoms with Crippen LogP contribution >= 0.6 is 12.4 Å². The van der Waals surface area contributed by atoms with Crippen LogP contribution in [0.3, 0.4) is 0 Å². The number of ether oxygens (including phenoxy) is 1. The molecule has 0 bridgehead atoms. The number of nitrogens with zero attached hydrogens (tertiary/aromatic N) is 1. The molecule has 124 valence electrons. The van der Waals surface area contributed by atoms with Crippen LogP contribution in [0.4, 0.5) is 4.39 Å². The molecule has 2 N–H and O–H groups in total. The summed E-state index contributed by atoms with van der Waals surface area (Å²) in [7, 11) is -2.76. The topological polar surface area (TPSA) is 89.7 Å². The Morgan fingerprint density at radius 3 is 2.73 bits per heavy atom. The van der Waals surface area contributed by atoms with E-state index in [2.05, 4.69) is 4.74 Å². The third kappa shape index (κ3) is 3.57. The Morgan fingerprint density at radius 2 is 2.18 bits per heavy atom. The van der Waals surface area contributed by atoms with Gasteiger partial charge in [-0.25, -0.2) is 17.6 Å². The highest BCUT2D eigenvalue weighted by molar-refractivity contribution is 7.89. The van der Waals surface area contributed by atoms with Gasteiger partial charge < -0.3 is 10.5 Å². The summed E-state index contributed by atoms with van der Waals surface area (Å²) in [5.74, 6) is -1.49. The van der Waals surface area contributed by atoms with Crippen LogP contribution < -0.4 is 5.73 Å². The molecule has 1 saturated heterocycles. The van der Waals surface area contributed by atoms with Crippen LogP contribution in [0.2, 0.25) is 0 Å². The van der Waals surface area contributed by atoms with Gasteiger partial charge in [0.15, 0.2) is 0 Å². The van der Waals surface area contributed by atoms with Crippen molar-refractivity contribution in [3.63, 3.8) is 0 Å². The molecular weight excluding hydrogens is 335 g/mol. The van der Waals surface area contributed by atoms with Crippen LogP contribution in [-0.4, -0.2) is 45.4 Å². The average molecular weight is 353 g/mol. The predicted molar refractivity (Wildman–Crippen MR) is 80.9 cm³/mol. The molecule has 1 unspecified atom stereocenters. The third-order valence-electron chi connectivity index (χ3n) is 3.55. The van der Waals surface area contributed by atoms with Crippen LogP contribution in [0.15, 0.2) is 23.1 Å². The molecule has 0 saturated carbocycles. The predicted octanol–water partition coefficient (Wildman–Crippen LogP) is 1.00. The summed E-state index contributed by atoms with van der Waals surface area (Å²) >= 11 is 0. The first-order chi connectivity index (χ1) is 9.90. The average Bonchev–Trinajstić information content (AvgIpc) is 2.95. The van der Waals surface area contributed by atoms with Gasteiger partial charge in [-0.2, -0.15) is 4.31 Å². The van der Waals surface area contributed by atoms with Crippen molar-refractivity contribution in [3.05, 3.63) is 29.6 Å². The van der Waals surface area contributed by atoms with Gasteiger partial charge in [-0.3, -0.25) is 0 Å². The van der Waals surface area contributed by atoms with Gasteiger partial charge in [0, 0.05) is 13.1 Å². The van der Waals surface area contributed by atoms with Crippen molar-refractivity contribution in [2.45, 2.75) is 11.3 Å². The van der Waals surface area contributed by atoms with Gasteiger partial charge in [0.25, 0.3) is 0 Å². The number of hydrogen-bond acceptors (Lipinski definition) is 5. The Hall–Kier alpha value is -1.22. The van der Waals surface area contributed by atoms with Crippen molar-refractivity contribution in [3.8, 4) is 0 Å². The van der Waals surface area contributed by atoms with Gasteiger partial charge in [0.1, 0.15) is 5.82 Å². The SMILES string of the molecule is COC(=O)c1cc(F)ccc1S(=O)(=O)N1CCC(CN)C1.Cl. The highest BCUT2D eigenvalue weighted by Crippen LogP contribution is 2.27. The first kappa shape index (κ1) is 18.8. The maximum atomic E-state index is 13.3. The maximum absolute atomic E-state index is 13.3. The van der Waals surface area contributed by atoms with Crippen LogP contribution in [0.25, 0.3) is 0 Å². The molecule has 0 amide bonds. The van der Waals surface area contributed by atoms with E-state index in [9.17, 15) is 17.6 Å². The second kappa shape index (κ2) is 7.36. The van der Waals surface area contributed by atoms with Crippen molar-refractivity contribution < 1.29 is 22.3 Å². The standard InChI is InChI=1S/C13H17FN2O4S.ClH/c1-20-13(17)11-6-10(14)2-3-12(11)21(18,19)16-5-4-9(7-15)8-16;/h2-3,6,9H,4-5,7-8,15H2,1H3;1H. The van der Waals surface area contributed by atoms with Gasteiger partial charge in [0.05, 0.1) is 17.6 Å². The fourth-order valence-electron chi connectivity index (χ4n) is 2.34. The van der Waals surface area contributed by atoms with Gasteiger partial charge in [0.2, 0.25) is 10.0 Å². The Kier molecular flexibility index (Phi) is 6.30. The summed E-state index contributed by atoms with van der Waals surface area (Å²) in [6, 6.07) is 2.97. The minimum Gasteiger partial charge on any atom is -0.465 e. The first-order valence-electron chi connectivity index (χ1n) is 6.48. The Bertz CT molecular complexity index is 653. The molecule has 2 rings (SSSR count). The van der Waals surface area contributed by atoms with Gasteiger partial charge in [-0.05, 0) is 37.1 Å². The molecular formula is C13H18ClFN2O4S. The van der Waals surface area contributed by atoms with E-state index < -0.39 is 21.8 Å². The van der Waals surface area contributed by atoms with E-state index in [-0.39, 0.29) is 28.8 Å². The molecule has 1 aromatic carbocycles. The Balaban J connectivity index is 0.00000242. The van der Waals surface area contributed by atoms with E-state index in [4.69, 9.17) is 5.73 Å². The molecule has 0 radical (unpaired) electrons. The molecule has 0 spiro atoms. The number of carbonyl (C=O) groups excluding carboxylic acids is 1. The van der Waals surface area contributed by atoms with Crippen LogP contribution in [0.1, 0.15) is 16.8 Å². The van der Waals surface area contributed by atoms with Crippen molar-refractivity contribution in [1.82, 2.24) is 4.31 Å². The number of benzene rings is 1. The Labute approximate surface area is 134 Å². The molecule has 9 heteroatoms. The molecule has 1 aromatic rings. The van der Waals surface area contributed by atoms with E-state index in [0.29, 0.717) is 26.1 Å². The van der Waals surface area contributed by atoms with E-state index >= 15 is 0 Å². The third-order valence-corrected chi connectivity index (χ3v) is 5.47. The molecule has 1 aliphatic rings. The van der Waals surface area contributed by atoms with Crippen LogP contribution in [0.5, 0.6) is 0 Å². The van der Waals surface area contributed by atoms with E-state index in [1.165, 1.54) is 4.31 Å². The fourth-order valence-corrected chi connectivity index (χ4v) is 4.03. The zero-order chi connectivity index (χ0) is 15.6. The molecule has 1 aliphatic heterocycles. The zero-order valence-corrected chi connectivity index (χ0v) is 13.6. The molecule has 1 fully saturated rings. The minimum absolute atomic E-state index is 0. The molecule has 0 aliphatic carbocycles. The summed E-state index contributed by atoms with van der Waals surface area (Å²) in [4.78, 5) is 11.4. The highest BCUT2D eigenvalue weighted by atomic mass is 35.5. The number of esters is 1. The summed E-state index contributed by atoms with van der Waals surface area (Å²) < 4.78 is 44.3. The van der Waals surface area contributed by atoms with Crippen molar-refractivity contribution in [1.29, 1.82) is 0 Å². The highest BCUT2D eigenvalue weighted by Gasteiger charge is 2.34. The zero-order valence-electron chi connectivity index (χ0n) is 12.0. The van der Waals surface area contributed by atoms with E-state index in [0.717, 1.165) is 25.3 Å².